The third-order valence-corrected chi connectivity index (χ3v) is 6.29. The van der Waals surface area contributed by atoms with Crippen LogP contribution in [0.1, 0.15) is 13.8 Å². The topological polar surface area (TPSA) is 66.5 Å². The number of rotatable bonds is 6. The highest BCUT2D eigenvalue weighted by Crippen LogP contribution is 2.28. The Hall–Kier alpha value is -0.630. The van der Waals surface area contributed by atoms with E-state index in [1.165, 1.54) is 30.9 Å². The van der Waals surface area contributed by atoms with E-state index in [9.17, 15) is 13.2 Å². The smallest absolute Gasteiger partial charge is 0.243 e. The number of sulfone groups is 1. The molecule has 0 spiro atoms. The van der Waals surface area contributed by atoms with E-state index in [1.54, 1.807) is 26.2 Å². The van der Waals surface area contributed by atoms with Crippen LogP contribution in [0.2, 0.25) is 0 Å². The van der Waals surface area contributed by atoms with Crippen molar-refractivity contribution in [2.24, 2.45) is 0 Å². The van der Waals surface area contributed by atoms with Gasteiger partial charge < -0.3 is 10.2 Å². The Balaban J connectivity index is 0.00000441. The van der Waals surface area contributed by atoms with Crippen LogP contribution in [-0.2, 0) is 14.6 Å². The second-order valence-electron chi connectivity index (χ2n) is 5.30. The number of benzene rings is 1. The van der Waals surface area contributed by atoms with Gasteiger partial charge >= 0.3 is 0 Å². The molecule has 0 aromatic heterocycles. The Bertz CT molecular complexity index is 603. The molecule has 126 valence electrons. The summed E-state index contributed by atoms with van der Waals surface area (Å²) in [6.45, 7) is 3.95. The van der Waals surface area contributed by atoms with Crippen LogP contribution in [0, 0.1) is 0 Å². The van der Waals surface area contributed by atoms with E-state index in [-0.39, 0.29) is 17.3 Å². The minimum Gasteiger partial charge on any atom is -0.343 e. The number of likely N-dealkylation sites (N-methyl/N-ethyl adjacent to an activating group) is 2. The zero-order valence-electron chi connectivity index (χ0n) is 13.1. The molecule has 0 aliphatic carbocycles. The fourth-order valence-corrected chi connectivity index (χ4v) is 3.60. The van der Waals surface area contributed by atoms with E-state index in [2.05, 4.69) is 21.2 Å². The largest absolute Gasteiger partial charge is 0.343 e. The lowest BCUT2D eigenvalue weighted by molar-refractivity contribution is -0.131. The first kappa shape index (κ1) is 21.4. The van der Waals surface area contributed by atoms with Gasteiger partial charge in [0.1, 0.15) is 4.75 Å². The van der Waals surface area contributed by atoms with E-state index in [0.717, 1.165) is 4.47 Å². The predicted molar refractivity (Wildman–Crippen MR) is 94.2 cm³/mol. The van der Waals surface area contributed by atoms with Gasteiger partial charge in [-0.2, -0.15) is 0 Å². The number of hydrogen-bond donors (Lipinski definition) is 1. The number of halogens is 2. The first-order valence-corrected chi connectivity index (χ1v) is 8.82. The van der Waals surface area contributed by atoms with Gasteiger partial charge in [0.05, 0.1) is 4.90 Å². The zero-order valence-corrected chi connectivity index (χ0v) is 16.3. The highest BCUT2D eigenvalue weighted by Gasteiger charge is 2.44. The number of amides is 1. The Morgan fingerprint density at radius 2 is 1.77 bits per heavy atom. The lowest BCUT2D eigenvalue weighted by Crippen LogP contribution is -2.49. The molecule has 1 aromatic rings. The molecule has 0 radical (unpaired) electrons. The Morgan fingerprint density at radius 3 is 2.23 bits per heavy atom. The Labute approximate surface area is 146 Å². The molecule has 1 N–H and O–H groups in total. The van der Waals surface area contributed by atoms with Crippen molar-refractivity contribution >= 4 is 44.1 Å². The lowest BCUT2D eigenvalue weighted by Gasteiger charge is -2.29. The highest BCUT2D eigenvalue weighted by atomic mass is 79.9. The van der Waals surface area contributed by atoms with Crippen LogP contribution in [0.4, 0.5) is 0 Å². The van der Waals surface area contributed by atoms with Crippen LogP contribution in [-0.4, -0.2) is 51.2 Å². The van der Waals surface area contributed by atoms with E-state index < -0.39 is 20.5 Å². The second-order valence-corrected chi connectivity index (χ2v) is 8.71. The first-order valence-electron chi connectivity index (χ1n) is 6.55. The van der Waals surface area contributed by atoms with Crippen molar-refractivity contribution in [2.45, 2.75) is 23.5 Å². The van der Waals surface area contributed by atoms with Crippen LogP contribution in [0.25, 0.3) is 0 Å². The second kappa shape index (κ2) is 8.29. The van der Waals surface area contributed by atoms with Crippen molar-refractivity contribution in [3.63, 3.8) is 0 Å². The molecule has 5 nitrogen and oxygen atoms in total. The van der Waals surface area contributed by atoms with Crippen LogP contribution in [0.15, 0.2) is 33.6 Å². The summed E-state index contributed by atoms with van der Waals surface area (Å²) >= 11 is 3.27. The molecule has 22 heavy (non-hydrogen) atoms. The maximum Gasteiger partial charge on any atom is 0.243 e. The molecule has 0 atom stereocenters. The predicted octanol–water partition coefficient (Wildman–Crippen LogP) is 2.10. The summed E-state index contributed by atoms with van der Waals surface area (Å²) in [5.41, 5.74) is 0. The summed E-state index contributed by atoms with van der Waals surface area (Å²) in [6.07, 6.45) is 0. The molecule has 1 rings (SSSR count). The summed E-state index contributed by atoms with van der Waals surface area (Å²) in [5, 5.41) is 2.93. The van der Waals surface area contributed by atoms with Crippen LogP contribution in [0.5, 0.6) is 0 Å². The summed E-state index contributed by atoms with van der Waals surface area (Å²) in [6, 6.07) is 6.31. The standard InChI is InChI=1S/C14H21BrN2O3S.ClH/c1-14(2,13(18)17(4)10-9-16-3)21(19,20)12-7-5-11(15)6-8-12;/h5-8,16H,9-10H2,1-4H3;1H. The minimum atomic E-state index is -3.76. The molecule has 0 aliphatic heterocycles. The average Bonchev–Trinajstić information content (AvgIpc) is 2.44. The van der Waals surface area contributed by atoms with Gasteiger partial charge in [0.2, 0.25) is 5.91 Å². The number of carbonyl (C=O) groups is 1. The normalized spacial score (nSPS) is 11.7. The van der Waals surface area contributed by atoms with Gasteiger partial charge in [-0.25, -0.2) is 8.42 Å². The highest BCUT2D eigenvalue weighted by molar-refractivity contribution is 9.10. The van der Waals surface area contributed by atoms with E-state index in [0.29, 0.717) is 13.1 Å². The van der Waals surface area contributed by atoms with Gasteiger partial charge in [-0.05, 0) is 45.2 Å². The van der Waals surface area contributed by atoms with Gasteiger partial charge in [0.15, 0.2) is 9.84 Å². The first-order chi connectivity index (χ1) is 9.64. The van der Waals surface area contributed by atoms with Crippen LogP contribution >= 0.6 is 28.3 Å². The molecule has 8 heteroatoms. The van der Waals surface area contributed by atoms with Crippen LogP contribution in [0.3, 0.4) is 0 Å². The molecular weight excluding hydrogens is 392 g/mol. The summed E-state index contributed by atoms with van der Waals surface area (Å²) in [7, 11) is -0.368. The SMILES string of the molecule is CNCCN(C)C(=O)C(C)(C)S(=O)(=O)c1ccc(Br)cc1.Cl. The van der Waals surface area contributed by atoms with E-state index in [1.807, 2.05) is 0 Å². The lowest BCUT2D eigenvalue weighted by atomic mass is 10.2. The van der Waals surface area contributed by atoms with E-state index in [4.69, 9.17) is 0 Å². The van der Waals surface area contributed by atoms with Gasteiger partial charge in [-0.1, -0.05) is 15.9 Å². The maximum atomic E-state index is 12.7. The van der Waals surface area contributed by atoms with Crippen molar-refractivity contribution < 1.29 is 13.2 Å². The number of carbonyl (C=O) groups excluding carboxylic acids is 1. The van der Waals surface area contributed by atoms with E-state index >= 15 is 0 Å². The van der Waals surface area contributed by atoms with Crippen molar-refractivity contribution in [1.29, 1.82) is 0 Å². The van der Waals surface area contributed by atoms with Crippen LogP contribution < -0.4 is 5.32 Å². The van der Waals surface area contributed by atoms with Gasteiger partial charge in [-0.3, -0.25) is 4.79 Å². The average molecular weight is 414 g/mol. The third kappa shape index (κ3) is 4.44. The number of nitrogens with zero attached hydrogens (tertiary/aromatic N) is 1. The van der Waals surface area contributed by atoms with Crippen molar-refractivity contribution in [3.05, 3.63) is 28.7 Å². The van der Waals surface area contributed by atoms with Gasteiger partial charge in [0, 0.05) is 24.6 Å². The third-order valence-electron chi connectivity index (χ3n) is 3.35. The quantitative estimate of drug-likeness (QED) is 0.775. The molecule has 1 amide bonds. The molecule has 0 saturated heterocycles. The fourth-order valence-electron chi connectivity index (χ4n) is 1.86. The molecule has 0 bridgehead atoms. The molecule has 0 aliphatic rings. The molecule has 1 aromatic carbocycles. The molecule has 0 heterocycles. The number of hydrogen-bond acceptors (Lipinski definition) is 4. The molecule has 0 fully saturated rings. The summed E-state index contributed by atoms with van der Waals surface area (Å²) in [5.74, 6) is -0.416. The van der Waals surface area contributed by atoms with Crippen molar-refractivity contribution in [3.8, 4) is 0 Å². The summed E-state index contributed by atoms with van der Waals surface area (Å²) < 4.78 is 24.7. The van der Waals surface area contributed by atoms with Gasteiger partial charge in [0.25, 0.3) is 0 Å². The fraction of sp³-hybridized carbons (Fsp3) is 0.500. The molecular formula is C14H22BrClN2O3S. The zero-order chi connectivity index (χ0) is 16.3. The summed E-state index contributed by atoms with van der Waals surface area (Å²) in [4.78, 5) is 14.0. The minimum absolute atomic E-state index is 0. The molecule has 0 unspecified atom stereocenters. The van der Waals surface area contributed by atoms with Crippen molar-refractivity contribution in [2.75, 3.05) is 27.2 Å². The monoisotopic (exact) mass is 412 g/mol. The van der Waals surface area contributed by atoms with Crippen molar-refractivity contribution in [1.82, 2.24) is 10.2 Å². The maximum absolute atomic E-state index is 12.7. The number of nitrogens with one attached hydrogen (secondary N) is 1. The molecule has 0 saturated carbocycles. The Morgan fingerprint density at radius 1 is 1.27 bits per heavy atom. The Kier molecular flexibility index (Phi) is 8.05. The van der Waals surface area contributed by atoms with Gasteiger partial charge in [-0.15, -0.1) is 12.4 Å².